The summed E-state index contributed by atoms with van der Waals surface area (Å²) in [6.45, 7) is 20.8. The van der Waals surface area contributed by atoms with Crippen LogP contribution in [0.15, 0.2) is 10.2 Å². The molecule has 4 atom stereocenters. The number of piperidine rings is 4. The molecule has 0 aromatic carbocycles. The fraction of sp³-hybridized carbons (Fsp3) is 0.900. The Labute approximate surface area is 156 Å². The third-order valence-electron chi connectivity index (χ3n) is 8.64. The second-order valence-electron chi connectivity index (χ2n) is 11.0. The van der Waals surface area contributed by atoms with Gasteiger partial charge in [-0.1, -0.05) is 0 Å². The molecule has 8 fully saturated rings. The number of hydrogen-bond donors (Lipinski definition) is 4. The van der Waals surface area contributed by atoms with Gasteiger partial charge in [-0.2, -0.15) is 10.2 Å². The van der Waals surface area contributed by atoms with Crippen LogP contribution in [0.25, 0.3) is 0 Å². The molecule has 6 heteroatoms. The van der Waals surface area contributed by atoms with Crippen molar-refractivity contribution >= 4 is 11.4 Å². The minimum atomic E-state index is 0.291. The van der Waals surface area contributed by atoms with Crippen molar-refractivity contribution in [2.45, 2.75) is 13.8 Å². The molecule has 8 rings (SSSR count). The number of quaternary nitrogens is 4. The summed E-state index contributed by atoms with van der Waals surface area (Å²) >= 11 is 0. The lowest BCUT2D eigenvalue weighted by molar-refractivity contribution is -0.918. The van der Waals surface area contributed by atoms with E-state index in [1.807, 2.05) is 19.6 Å². The third kappa shape index (κ3) is 2.32. The van der Waals surface area contributed by atoms with Crippen molar-refractivity contribution < 1.29 is 19.6 Å². The quantitative estimate of drug-likeness (QED) is 0.338. The highest BCUT2D eigenvalue weighted by atomic mass is 15.3. The molecule has 4 unspecified atom stereocenters. The van der Waals surface area contributed by atoms with Gasteiger partial charge in [0.15, 0.2) is 0 Å². The predicted octanol–water partition coefficient (Wildman–Crippen LogP) is -5.35. The largest absolute Gasteiger partial charge is 0.329 e. The molecular weight excluding hydrogens is 324 g/mol. The van der Waals surface area contributed by atoms with E-state index in [-0.39, 0.29) is 0 Å². The van der Waals surface area contributed by atoms with Gasteiger partial charge in [-0.3, -0.25) is 0 Å². The van der Waals surface area contributed by atoms with Gasteiger partial charge in [0.1, 0.15) is 37.0 Å². The highest BCUT2D eigenvalue weighted by Crippen LogP contribution is 2.29. The minimum Gasteiger partial charge on any atom is -0.329 e. The highest BCUT2D eigenvalue weighted by molar-refractivity contribution is 5.96. The van der Waals surface area contributed by atoms with E-state index in [4.69, 9.17) is 10.2 Å². The fourth-order valence-corrected chi connectivity index (χ4v) is 7.87. The number of hydrogen-bond acceptors (Lipinski definition) is 2. The van der Waals surface area contributed by atoms with E-state index in [9.17, 15) is 0 Å². The average Bonchev–Trinajstić information content (AvgIpc) is 2.93. The van der Waals surface area contributed by atoms with Crippen molar-refractivity contribution in [1.82, 2.24) is 0 Å². The van der Waals surface area contributed by atoms with Gasteiger partial charge >= 0.3 is 0 Å². The van der Waals surface area contributed by atoms with Crippen LogP contribution in [0.1, 0.15) is 13.8 Å². The van der Waals surface area contributed by atoms with Crippen molar-refractivity contribution in [3.8, 4) is 0 Å². The second kappa shape index (κ2) is 5.37. The molecule has 8 aliphatic rings. The second-order valence-corrected chi connectivity index (χ2v) is 11.0. The fourth-order valence-electron chi connectivity index (χ4n) is 7.87. The van der Waals surface area contributed by atoms with Gasteiger partial charge < -0.3 is 19.6 Å². The van der Waals surface area contributed by atoms with Crippen LogP contribution in [-0.4, -0.2) is 90.0 Å². The average molecular weight is 361 g/mol. The van der Waals surface area contributed by atoms with Gasteiger partial charge in [-0.05, 0) is 13.8 Å². The summed E-state index contributed by atoms with van der Waals surface area (Å²) in [7, 11) is 0. The third-order valence-corrected chi connectivity index (χ3v) is 8.64. The topological polar surface area (TPSA) is 42.5 Å². The lowest BCUT2D eigenvalue weighted by Crippen LogP contribution is -3.16. The van der Waals surface area contributed by atoms with Gasteiger partial charge in [-0.25, -0.2) is 0 Å². The van der Waals surface area contributed by atoms with E-state index in [0.29, 0.717) is 22.7 Å². The lowest BCUT2D eigenvalue weighted by Gasteiger charge is -2.45. The van der Waals surface area contributed by atoms with Crippen molar-refractivity contribution in [1.29, 1.82) is 0 Å². The van der Waals surface area contributed by atoms with Gasteiger partial charge in [0.05, 0.1) is 75.6 Å². The first-order valence-corrected chi connectivity index (χ1v) is 11.0. The number of nitrogens with one attached hydrogen (secondary N) is 4. The molecule has 8 bridgehead atoms. The zero-order chi connectivity index (χ0) is 17.5. The Morgan fingerprint density at radius 3 is 1.19 bits per heavy atom. The van der Waals surface area contributed by atoms with Crippen molar-refractivity contribution in [2.75, 3.05) is 78.5 Å². The molecule has 0 aromatic rings. The van der Waals surface area contributed by atoms with Gasteiger partial charge in [0, 0.05) is 0 Å². The summed E-state index contributed by atoms with van der Waals surface area (Å²) in [6, 6.07) is 0. The molecule has 8 aliphatic heterocycles. The molecule has 0 radical (unpaired) electrons. The zero-order valence-corrected chi connectivity index (χ0v) is 16.5. The maximum Gasteiger partial charge on any atom is 0.127 e. The smallest absolute Gasteiger partial charge is 0.127 e. The molecule has 0 spiro atoms. The van der Waals surface area contributed by atoms with E-state index >= 15 is 0 Å². The maximum atomic E-state index is 5.12. The van der Waals surface area contributed by atoms with E-state index in [0.717, 1.165) is 0 Å². The Kier molecular flexibility index (Phi) is 3.34. The Morgan fingerprint density at radius 2 is 0.923 bits per heavy atom. The van der Waals surface area contributed by atoms with E-state index in [1.165, 1.54) is 90.0 Å². The maximum absolute atomic E-state index is 5.12. The molecular formula is C20H36N6+4. The van der Waals surface area contributed by atoms with Crippen LogP contribution < -0.4 is 19.6 Å². The number of fused-ring (bicyclic) bond motifs is 2. The molecule has 4 N–H and O–H groups in total. The first-order chi connectivity index (χ1) is 12.5. The summed E-state index contributed by atoms with van der Waals surface area (Å²) < 4.78 is 0. The molecule has 6 nitrogen and oxygen atoms in total. The Morgan fingerprint density at radius 1 is 0.615 bits per heavy atom. The minimum absolute atomic E-state index is 0.291. The first-order valence-electron chi connectivity index (χ1n) is 11.0. The van der Waals surface area contributed by atoms with E-state index < -0.39 is 0 Å². The summed E-state index contributed by atoms with van der Waals surface area (Å²) in [6.07, 6.45) is 0. The van der Waals surface area contributed by atoms with Crippen LogP contribution >= 0.6 is 0 Å². The van der Waals surface area contributed by atoms with Gasteiger partial charge in [0.25, 0.3) is 0 Å². The molecule has 0 aliphatic carbocycles. The molecule has 0 aromatic heterocycles. The summed E-state index contributed by atoms with van der Waals surface area (Å²) in [5, 5.41) is 10.2. The van der Waals surface area contributed by atoms with Gasteiger partial charge in [-0.15, -0.1) is 0 Å². The van der Waals surface area contributed by atoms with Crippen molar-refractivity contribution in [3.05, 3.63) is 0 Å². The monoisotopic (exact) mass is 360 g/mol. The van der Waals surface area contributed by atoms with Crippen LogP contribution in [0.4, 0.5) is 0 Å². The molecule has 0 saturated carbocycles. The Bertz CT molecular complexity index is 594. The van der Waals surface area contributed by atoms with Crippen molar-refractivity contribution in [2.24, 2.45) is 32.9 Å². The van der Waals surface area contributed by atoms with Crippen LogP contribution in [0.2, 0.25) is 0 Å². The predicted molar refractivity (Wildman–Crippen MR) is 100 cm³/mol. The molecule has 142 valence electrons. The van der Waals surface area contributed by atoms with Crippen LogP contribution in [0.5, 0.6) is 0 Å². The lowest BCUT2D eigenvalue weighted by atomic mass is 9.71. The van der Waals surface area contributed by atoms with Crippen LogP contribution in [0.3, 0.4) is 0 Å². The Hall–Kier alpha value is -0.820. The normalized spacial score (nSPS) is 57.8. The summed E-state index contributed by atoms with van der Waals surface area (Å²) in [4.78, 5) is 7.29. The number of nitrogens with zero attached hydrogens (tertiary/aromatic N) is 2. The summed E-state index contributed by atoms with van der Waals surface area (Å²) in [5.74, 6) is 1.35. The Balaban J connectivity index is 1.36. The number of rotatable bonds is 1. The van der Waals surface area contributed by atoms with Crippen LogP contribution in [-0.2, 0) is 0 Å². The van der Waals surface area contributed by atoms with E-state index in [2.05, 4.69) is 13.8 Å². The molecule has 26 heavy (non-hydrogen) atoms. The molecule has 8 heterocycles. The first kappa shape index (κ1) is 16.2. The van der Waals surface area contributed by atoms with Crippen LogP contribution in [0, 0.1) is 22.7 Å². The van der Waals surface area contributed by atoms with E-state index in [1.54, 1.807) is 0 Å². The standard InChI is InChI=1S/C20H32N6/c1-19-11-23-3-4-24(12-19)8-15(7-23)17(19)21-22-18-16-9-25-5-6-26(10-16)14-20(18,2)13-25/h15-16H,3-14H2,1-2H3/p+4/b21-17-,22-18-. The van der Waals surface area contributed by atoms with Gasteiger partial charge in [0.2, 0.25) is 0 Å². The molecule has 0 amide bonds. The summed E-state index contributed by atoms with van der Waals surface area (Å²) in [5.41, 5.74) is 3.52. The zero-order valence-electron chi connectivity index (χ0n) is 16.5. The molecule has 8 saturated heterocycles. The highest BCUT2D eigenvalue weighted by Gasteiger charge is 2.57. The SMILES string of the molecule is CC12C[NH+]3CC[NH+](CC(C3)/C1=N/N=C1/C3C[NH+]4CC[NH+](C3)CC1(C)C4)C2. The van der Waals surface area contributed by atoms with Crippen molar-refractivity contribution in [3.63, 3.8) is 0 Å².